The Morgan fingerprint density at radius 3 is 1.73 bits per heavy atom. The first kappa shape index (κ1) is 60.9. The van der Waals surface area contributed by atoms with Crippen LogP contribution in [0.15, 0.2) is 11.6 Å². The van der Waals surface area contributed by atoms with E-state index in [0.717, 1.165) is 39.2 Å². The normalized spacial score (nSPS) is 55.1. The van der Waals surface area contributed by atoms with Gasteiger partial charge >= 0.3 is 5.97 Å². The molecule has 0 aromatic carbocycles. The van der Waals surface area contributed by atoms with Gasteiger partial charge in [-0.05, 0) is 104 Å². The topological polar surface area (TPSA) is 363 Å². The van der Waals surface area contributed by atoms with E-state index in [1.807, 2.05) is 6.92 Å². The van der Waals surface area contributed by atoms with Crippen molar-refractivity contribution in [3.05, 3.63) is 11.6 Å². The molecule has 4 heterocycles. The van der Waals surface area contributed by atoms with Crippen molar-refractivity contribution in [1.29, 1.82) is 0 Å². The molecule has 448 valence electrons. The van der Waals surface area contributed by atoms with Gasteiger partial charge in [0.2, 0.25) is 0 Å². The zero-order valence-electron chi connectivity index (χ0n) is 46.4. The summed E-state index contributed by atoms with van der Waals surface area (Å²) in [6, 6.07) is 0. The molecular formula is C55H90O23. The molecule has 4 aliphatic heterocycles. The van der Waals surface area contributed by atoms with Crippen LogP contribution >= 0.6 is 0 Å². The zero-order valence-corrected chi connectivity index (χ0v) is 46.4. The Kier molecular flexibility index (Phi) is 17.3. The zero-order chi connectivity index (χ0) is 57.1. The second-order valence-corrected chi connectivity index (χ2v) is 26.6. The predicted molar refractivity (Wildman–Crippen MR) is 268 cm³/mol. The van der Waals surface area contributed by atoms with E-state index in [-0.39, 0.29) is 57.5 Å². The number of aliphatic hydroxyl groups is 13. The van der Waals surface area contributed by atoms with Crippen molar-refractivity contribution < 1.29 is 114 Å². The maximum absolute atomic E-state index is 13.2. The number of carbonyl (C=O) groups excluding carboxylic acids is 1. The molecule has 4 saturated heterocycles. The molecule has 0 spiro atoms. The number of aliphatic hydroxyl groups excluding tert-OH is 13. The summed E-state index contributed by atoms with van der Waals surface area (Å²) >= 11 is 0. The van der Waals surface area contributed by atoms with Crippen LogP contribution in [0.3, 0.4) is 0 Å². The second-order valence-electron chi connectivity index (χ2n) is 26.6. The minimum atomic E-state index is -1.99. The highest BCUT2D eigenvalue weighted by Crippen LogP contribution is 2.76. The third-order valence-electron chi connectivity index (χ3n) is 21.8. The highest BCUT2D eigenvalue weighted by molar-refractivity contribution is 5.75. The van der Waals surface area contributed by atoms with Gasteiger partial charge in [-0.2, -0.15) is 0 Å². The summed E-state index contributed by atoms with van der Waals surface area (Å²) in [7, 11) is 1.08. The minimum Gasteiger partial charge on any atom is -0.467 e. The smallest absolute Gasteiger partial charge is 0.337 e. The van der Waals surface area contributed by atoms with E-state index in [1.165, 1.54) is 12.5 Å². The van der Waals surface area contributed by atoms with E-state index in [1.54, 1.807) is 0 Å². The Hall–Kier alpha value is -1.63. The number of allylic oxidation sites excluding steroid dienone is 2. The molecule has 0 aromatic rings. The quantitative estimate of drug-likeness (QED) is 0.0608. The number of fused-ring (bicyclic) bond motifs is 7. The lowest BCUT2D eigenvalue weighted by Crippen LogP contribution is -2.68. The Morgan fingerprint density at radius 2 is 1.12 bits per heavy atom. The Morgan fingerprint density at radius 1 is 0.564 bits per heavy atom. The number of esters is 1. The van der Waals surface area contributed by atoms with Gasteiger partial charge in [0.05, 0.1) is 45.2 Å². The lowest BCUT2D eigenvalue weighted by molar-refractivity contribution is -0.396. The molecule has 13 N–H and O–H groups in total. The summed E-state index contributed by atoms with van der Waals surface area (Å²) in [5.41, 5.74) is -0.964. The fourth-order valence-corrected chi connectivity index (χ4v) is 16.7. The maximum atomic E-state index is 13.2. The molecule has 23 nitrogen and oxygen atoms in total. The third kappa shape index (κ3) is 9.78. The number of rotatable bonds is 12. The van der Waals surface area contributed by atoms with Gasteiger partial charge in [0, 0.05) is 10.8 Å². The van der Waals surface area contributed by atoms with Crippen molar-refractivity contribution in [1.82, 2.24) is 0 Å². The van der Waals surface area contributed by atoms with Gasteiger partial charge < -0.3 is 109 Å². The van der Waals surface area contributed by atoms with Crippen LogP contribution in [0.25, 0.3) is 0 Å². The molecule has 0 aromatic heterocycles. The van der Waals surface area contributed by atoms with Crippen LogP contribution in [0, 0.1) is 50.2 Å². The predicted octanol–water partition coefficient (Wildman–Crippen LogP) is -1.38. The van der Waals surface area contributed by atoms with Gasteiger partial charge in [0.15, 0.2) is 31.3 Å². The maximum Gasteiger partial charge on any atom is 0.337 e. The van der Waals surface area contributed by atoms with Gasteiger partial charge in [0.25, 0.3) is 0 Å². The van der Waals surface area contributed by atoms with Gasteiger partial charge in [-0.1, -0.05) is 60.1 Å². The summed E-state index contributed by atoms with van der Waals surface area (Å²) in [5.74, 6) is -0.934. The number of carbonyl (C=O) groups is 1. The van der Waals surface area contributed by atoms with Crippen LogP contribution in [0.4, 0.5) is 0 Å². The summed E-state index contributed by atoms with van der Waals surface area (Å²) in [5, 5.41) is 142. The van der Waals surface area contributed by atoms with E-state index in [9.17, 15) is 71.2 Å². The monoisotopic (exact) mass is 1120 g/mol. The van der Waals surface area contributed by atoms with Crippen LogP contribution in [0.1, 0.15) is 113 Å². The third-order valence-corrected chi connectivity index (χ3v) is 21.8. The van der Waals surface area contributed by atoms with Crippen LogP contribution < -0.4 is 0 Å². The summed E-state index contributed by atoms with van der Waals surface area (Å²) in [6.45, 7) is 15.5. The van der Waals surface area contributed by atoms with E-state index < -0.39 is 154 Å². The SMILES string of the molecule is COC(=O)C1OC(OC2CCC3(C)C(CCC4(C)C3CC=C3C5CC(C)(C)CC(OC6OC(CO)C(O)C(O)C6O)C5(C)CCC34C)C2(C)CO)C(OC2OC(CO)C(O)C(O)C2OC2OC(C)C(O)C(O)C2O)C(O)C1O. The number of hydrogen-bond acceptors (Lipinski definition) is 23. The molecule has 9 rings (SSSR count). The van der Waals surface area contributed by atoms with Crippen molar-refractivity contribution in [2.75, 3.05) is 26.9 Å². The molecule has 30 atom stereocenters. The molecule has 5 aliphatic carbocycles. The molecule has 0 bridgehead atoms. The van der Waals surface area contributed by atoms with Crippen molar-refractivity contribution in [2.24, 2.45) is 50.2 Å². The van der Waals surface area contributed by atoms with E-state index in [2.05, 4.69) is 47.6 Å². The molecule has 30 unspecified atom stereocenters. The molecular weight excluding hydrogens is 1030 g/mol. The van der Waals surface area contributed by atoms with E-state index in [0.29, 0.717) is 25.7 Å². The van der Waals surface area contributed by atoms with E-state index in [4.69, 9.17) is 42.6 Å². The fourth-order valence-electron chi connectivity index (χ4n) is 16.7. The lowest BCUT2D eigenvalue weighted by Gasteiger charge is -2.72. The van der Waals surface area contributed by atoms with Crippen LogP contribution in [0.2, 0.25) is 0 Å². The highest BCUT2D eigenvalue weighted by Gasteiger charge is 2.70. The van der Waals surface area contributed by atoms with Gasteiger partial charge in [-0.15, -0.1) is 0 Å². The highest BCUT2D eigenvalue weighted by atomic mass is 16.8. The van der Waals surface area contributed by atoms with Gasteiger partial charge in [-0.3, -0.25) is 0 Å². The minimum absolute atomic E-state index is 0.0971. The lowest BCUT2D eigenvalue weighted by atomic mass is 9.33. The van der Waals surface area contributed by atoms with Gasteiger partial charge in [-0.25, -0.2) is 4.79 Å². The van der Waals surface area contributed by atoms with Crippen molar-refractivity contribution in [3.8, 4) is 0 Å². The summed E-state index contributed by atoms with van der Waals surface area (Å²) in [6.07, 6.45) is -25.2. The Balaban J connectivity index is 0.984. The first-order chi connectivity index (χ1) is 36.5. The average Bonchev–Trinajstić information content (AvgIpc) is 3.08. The molecule has 9 aliphatic rings. The molecule has 23 heteroatoms. The van der Waals surface area contributed by atoms with E-state index >= 15 is 0 Å². The van der Waals surface area contributed by atoms with Gasteiger partial charge in [0.1, 0.15) is 85.5 Å². The first-order valence-electron chi connectivity index (χ1n) is 28.2. The van der Waals surface area contributed by atoms with Crippen molar-refractivity contribution >= 4 is 5.97 Å². The van der Waals surface area contributed by atoms with Crippen molar-refractivity contribution in [3.63, 3.8) is 0 Å². The number of methoxy groups -OCH3 is 1. The fraction of sp³-hybridized carbons (Fsp3) is 0.945. The summed E-state index contributed by atoms with van der Waals surface area (Å²) < 4.78 is 54.4. The second kappa shape index (κ2) is 22.1. The first-order valence-corrected chi connectivity index (χ1v) is 28.2. The molecule has 78 heavy (non-hydrogen) atoms. The van der Waals surface area contributed by atoms with Crippen molar-refractivity contribution in [2.45, 2.75) is 248 Å². The number of ether oxygens (including phenoxy) is 9. The number of hydrogen-bond donors (Lipinski definition) is 13. The summed E-state index contributed by atoms with van der Waals surface area (Å²) in [4.78, 5) is 13.2. The Bertz CT molecular complexity index is 2150. The average molecular weight is 1120 g/mol. The molecule has 8 fully saturated rings. The standard InChI is InChI=1S/C55H90O23/c1-23-32(59)35(62)40(67)46(71-23)77-43-37(64)34(61)27(21-57)73-48(43)78-44-39(66)38(65)42(45(69)70-9)76-49(44)74-30-13-14-52(5)28(53(30,6)22-58)12-15-55(8)29(52)11-10-24-25-18-50(2,3)19-31(51(25,4)16-17-54(24,55)7)75-47-41(68)36(63)33(60)26(20-56)72-47/h10,23,25-44,46-49,56-68H,11-22H2,1-9H3. The molecule has 0 amide bonds. The largest absolute Gasteiger partial charge is 0.467 e. The van der Waals surface area contributed by atoms with Crippen LogP contribution in [-0.4, -0.2) is 234 Å². The van der Waals surface area contributed by atoms with Crippen LogP contribution in [0.5, 0.6) is 0 Å². The van der Waals surface area contributed by atoms with Crippen LogP contribution in [-0.2, 0) is 47.4 Å². The molecule has 4 saturated carbocycles. The Labute approximate surface area is 455 Å². The molecule has 0 radical (unpaired) electrons.